The van der Waals surface area contributed by atoms with Gasteiger partial charge in [0.1, 0.15) is 12.3 Å². The molecule has 1 saturated heterocycles. The summed E-state index contributed by atoms with van der Waals surface area (Å²) in [5, 5.41) is 0. The standard InChI is InChI=1S/C18H22N4O6/c23-15(5-6-17(25)21-7-9-27-10-8-21)19-20-16(24)11-22-13-3-1-2-4-14(13)28-12-18(22)26/h1-4H,5-12H2,(H,19,23)(H,20,24). The fraction of sp³-hybridized carbons (Fsp3) is 0.444. The summed E-state index contributed by atoms with van der Waals surface area (Å²) in [6, 6.07) is 6.89. The summed E-state index contributed by atoms with van der Waals surface area (Å²) in [5.41, 5.74) is 5.03. The molecule has 3 rings (SSSR count). The molecule has 0 spiro atoms. The van der Waals surface area contributed by atoms with E-state index in [9.17, 15) is 19.2 Å². The number of carbonyl (C=O) groups excluding carboxylic acids is 4. The van der Waals surface area contributed by atoms with Crippen molar-refractivity contribution in [1.82, 2.24) is 15.8 Å². The smallest absolute Gasteiger partial charge is 0.265 e. The van der Waals surface area contributed by atoms with E-state index in [1.807, 2.05) is 0 Å². The Bertz CT molecular complexity index is 762. The number of fused-ring (bicyclic) bond motifs is 1. The van der Waals surface area contributed by atoms with Crippen molar-refractivity contribution < 1.29 is 28.7 Å². The lowest BCUT2D eigenvalue weighted by Crippen LogP contribution is -2.49. The number of hydrogen-bond donors (Lipinski definition) is 2. The van der Waals surface area contributed by atoms with E-state index >= 15 is 0 Å². The van der Waals surface area contributed by atoms with Crippen molar-refractivity contribution >= 4 is 29.3 Å². The second-order valence-electron chi connectivity index (χ2n) is 6.33. The highest BCUT2D eigenvalue weighted by Crippen LogP contribution is 2.31. The van der Waals surface area contributed by atoms with E-state index in [1.54, 1.807) is 29.2 Å². The molecule has 0 aromatic heterocycles. The summed E-state index contributed by atoms with van der Waals surface area (Å²) in [4.78, 5) is 51.0. The summed E-state index contributed by atoms with van der Waals surface area (Å²) >= 11 is 0. The van der Waals surface area contributed by atoms with Gasteiger partial charge in [0, 0.05) is 25.9 Å². The van der Waals surface area contributed by atoms with Gasteiger partial charge in [0.2, 0.25) is 11.8 Å². The number of hydrogen-bond acceptors (Lipinski definition) is 6. The highest BCUT2D eigenvalue weighted by atomic mass is 16.5. The van der Waals surface area contributed by atoms with E-state index in [-0.39, 0.29) is 37.8 Å². The molecule has 0 unspecified atom stereocenters. The minimum atomic E-state index is -0.557. The largest absolute Gasteiger partial charge is 0.482 e. The van der Waals surface area contributed by atoms with E-state index in [0.29, 0.717) is 37.7 Å². The predicted molar refractivity (Wildman–Crippen MR) is 97.2 cm³/mol. The first-order chi connectivity index (χ1) is 13.5. The molecule has 2 N–H and O–H groups in total. The van der Waals surface area contributed by atoms with Crippen LogP contribution < -0.4 is 20.5 Å². The minimum absolute atomic E-state index is 0.0458. The fourth-order valence-corrected chi connectivity index (χ4v) is 2.90. The van der Waals surface area contributed by atoms with Crippen molar-refractivity contribution in [2.45, 2.75) is 12.8 Å². The molecule has 2 aliphatic rings. The van der Waals surface area contributed by atoms with Crippen LogP contribution in [-0.2, 0) is 23.9 Å². The normalized spacial score (nSPS) is 16.1. The fourth-order valence-electron chi connectivity index (χ4n) is 2.90. The van der Waals surface area contributed by atoms with Crippen molar-refractivity contribution in [3.8, 4) is 5.75 Å². The highest BCUT2D eigenvalue weighted by Gasteiger charge is 2.27. The molecule has 0 bridgehead atoms. The monoisotopic (exact) mass is 390 g/mol. The van der Waals surface area contributed by atoms with Gasteiger partial charge in [-0.2, -0.15) is 0 Å². The first-order valence-electron chi connectivity index (χ1n) is 9.00. The molecule has 4 amide bonds. The molecule has 1 fully saturated rings. The third kappa shape index (κ3) is 4.97. The SMILES string of the molecule is O=C(CCC(=O)N1CCOCC1)NNC(=O)CN1C(=O)COc2ccccc21. The maximum Gasteiger partial charge on any atom is 0.265 e. The first-order valence-corrected chi connectivity index (χ1v) is 9.00. The van der Waals surface area contributed by atoms with E-state index in [4.69, 9.17) is 9.47 Å². The lowest BCUT2D eigenvalue weighted by Gasteiger charge is -2.28. The van der Waals surface area contributed by atoms with Gasteiger partial charge in [0.25, 0.3) is 11.8 Å². The average molecular weight is 390 g/mol. The third-order valence-corrected chi connectivity index (χ3v) is 4.38. The number of anilines is 1. The second-order valence-corrected chi connectivity index (χ2v) is 6.33. The van der Waals surface area contributed by atoms with Crippen molar-refractivity contribution in [3.05, 3.63) is 24.3 Å². The van der Waals surface area contributed by atoms with Gasteiger partial charge in [-0.1, -0.05) is 12.1 Å². The molecule has 2 heterocycles. The van der Waals surface area contributed by atoms with E-state index in [1.165, 1.54) is 4.90 Å². The minimum Gasteiger partial charge on any atom is -0.482 e. The van der Waals surface area contributed by atoms with Crippen LogP contribution in [0, 0.1) is 0 Å². The van der Waals surface area contributed by atoms with Gasteiger partial charge >= 0.3 is 0 Å². The summed E-state index contributed by atoms with van der Waals surface area (Å²) in [7, 11) is 0. The maximum absolute atomic E-state index is 12.1. The van der Waals surface area contributed by atoms with E-state index < -0.39 is 11.8 Å². The molecule has 0 radical (unpaired) electrons. The molecular formula is C18H22N4O6. The zero-order valence-electron chi connectivity index (χ0n) is 15.3. The number of ether oxygens (including phenoxy) is 2. The van der Waals surface area contributed by atoms with Crippen LogP contribution in [0.25, 0.3) is 0 Å². The number of benzene rings is 1. The average Bonchev–Trinajstić information content (AvgIpc) is 2.73. The van der Waals surface area contributed by atoms with Crippen LogP contribution in [0.3, 0.4) is 0 Å². The van der Waals surface area contributed by atoms with Gasteiger partial charge in [-0.15, -0.1) is 0 Å². The quantitative estimate of drug-likeness (QED) is 0.636. The van der Waals surface area contributed by atoms with E-state index in [0.717, 1.165) is 0 Å². The molecule has 28 heavy (non-hydrogen) atoms. The summed E-state index contributed by atoms with van der Waals surface area (Å²) < 4.78 is 10.5. The van der Waals surface area contributed by atoms with Gasteiger partial charge in [0.15, 0.2) is 6.61 Å². The molecule has 0 atom stereocenters. The molecule has 2 aliphatic heterocycles. The number of morpholine rings is 1. The van der Waals surface area contributed by atoms with Gasteiger partial charge in [0.05, 0.1) is 18.9 Å². The van der Waals surface area contributed by atoms with Crippen LogP contribution >= 0.6 is 0 Å². The molecule has 10 heteroatoms. The zero-order valence-corrected chi connectivity index (χ0v) is 15.3. The van der Waals surface area contributed by atoms with Crippen molar-refractivity contribution in [1.29, 1.82) is 0 Å². The Hall–Kier alpha value is -3.14. The van der Waals surface area contributed by atoms with Crippen LogP contribution in [0.15, 0.2) is 24.3 Å². The number of hydrazine groups is 1. The van der Waals surface area contributed by atoms with Crippen LogP contribution in [0.1, 0.15) is 12.8 Å². The number of rotatable bonds is 5. The Morgan fingerprint density at radius 1 is 1.00 bits per heavy atom. The molecule has 0 saturated carbocycles. The van der Waals surface area contributed by atoms with Crippen molar-refractivity contribution in [3.63, 3.8) is 0 Å². The summed E-state index contributed by atoms with van der Waals surface area (Å²) in [6.07, 6.45) is 0.00676. The maximum atomic E-state index is 12.1. The molecule has 150 valence electrons. The van der Waals surface area contributed by atoms with Crippen LogP contribution in [0.5, 0.6) is 5.75 Å². The van der Waals surface area contributed by atoms with Gasteiger partial charge < -0.3 is 14.4 Å². The van der Waals surface area contributed by atoms with Gasteiger partial charge in [-0.3, -0.25) is 34.9 Å². The number of nitrogens with zero attached hydrogens (tertiary/aromatic N) is 2. The van der Waals surface area contributed by atoms with Crippen molar-refractivity contribution in [2.24, 2.45) is 0 Å². The third-order valence-electron chi connectivity index (χ3n) is 4.38. The number of para-hydroxylation sites is 2. The molecule has 1 aromatic carbocycles. The Kier molecular flexibility index (Phi) is 6.43. The Labute approximate surface area is 161 Å². The Balaban J connectivity index is 1.42. The molecule has 1 aromatic rings. The number of nitrogens with one attached hydrogen (secondary N) is 2. The predicted octanol–water partition coefficient (Wildman–Crippen LogP) is -0.802. The number of carbonyl (C=O) groups is 4. The second kappa shape index (κ2) is 9.18. The van der Waals surface area contributed by atoms with Gasteiger partial charge in [-0.25, -0.2) is 0 Å². The molecule has 10 nitrogen and oxygen atoms in total. The van der Waals surface area contributed by atoms with Crippen LogP contribution in [0.4, 0.5) is 5.69 Å². The Morgan fingerprint density at radius 2 is 1.71 bits per heavy atom. The molecular weight excluding hydrogens is 368 g/mol. The van der Waals surface area contributed by atoms with Crippen LogP contribution in [-0.4, -0.2) is 68.0 Å². The Morgan fingerprint density at radius 3 is 2.50 bits per heavy atom. The lowest BCUT2D eigenvalue weighted by atomic mass is 10.2. The van der Waals surface area contributed by atoms with Crippen LogP contribution in [0.2, 0.25) is 0 Å². The summed E-state index contributed by atoms with van der Waals surface area (Å²) in [5.74, 6) is -1.00. The zero-order chi connectivity index (χ0) is 19.9. The number of amides is 4. The topological polar surface area (TPSA) is 117 Å². The van der Waals surface area contributed by atoms with Crippen molar-refractivity contribution in [2.75, 3.05) is 44.4 Å². The molecule has 0 aliphatic carbocycles. The van der Waals surface area contributed by atoms with Gasteiger partial charge in [-0.05, 0) is 12.1 Å². The highest BCUT2D eigenvalue weighted by molar-refractivity contribution is 6.02. The first kappa shape index (κ1) is 19.6. The summed E-state index contributed by atoms with van der Waals surface area (Å²) in [6.45, 7) is 1.62. The lowest BCUT2D eigenvalue weighted by molar-refractivity contribution is -0.137. The van der Waals surface area contributed by atoms with E-state index in [2.05, 4.69) is 10.9 Å².